The van der Waals surface area contributed by atoms with Crippen molar-refractivity contribution in [2.75, 3.05) is 5.73 Å². The second-order valence-electron chi connectivity index (χ2n) is 4.49. The summed E-state index contributed by atoms with van der Waals surface area (Å²) in [4.78, 5) is 23.3. The lowest BCUT2D eigenvalue weighted by atomic mass is 10.3. The number of halogens is 1. The van der Waals surface area contributed by atoms with Crippen LogP contribution >= 0.6 is 24.2 Å². The Hall–Kier alpha value is -2.32. The molecule has 0 aliphatic heterocycles. The third-order valence-corrected chi connectivity index (χ3v) is 3.96. The van der Waals surface area contributed by atoms with Crippen LogP contribution in [0.3, 0.4) is 0 Å². The van der Waals surface area contributed by atoms with E-state index in [-0.39, 0.29) is 12.4 Å². The van der Waals surface area contributed by atoms with Crippen molar-refractivity contribution in [2.45, 2.75) is 10.9 Å². The van der Waals surface area contributed by atoms with Crippen LogP contribution in [0.1, 0.15) is 5.82 Å². The molecular weight excluding hydrogens is 322 g/mol. The molecule has 22 heavy (non-hydrogen) atoms. The number of anilines is 1. The number of aromatic nitrogens is 6. The maximum atomic E-state index is 5.78. The van der Waals surface area contributed by atoms with Gasteiger partial charge in [-0.15, -0.1) is 12.4 Å². The summed E-state index contributed by atoms with van der Waals surface area (Å²) < 4.78 is 0. The summed E-state index contributed by atoms with van der Waals surface area (Å²) in [7, 11) is 0. The van der Waals surface area contributed by atoms with Crippen molar-refractivity contribution in [3.63, 3.8) is 0 Å². The number of imidazole rings is 2. The van der Waals surface area contributed by atoms with Gasteiger partial charge >= 0.3 is 0 Å². The molecule has 0 atom stereocenters. The predicted octanol–water partition coefficient (Wildman–Crippen LogP) is 2.53. The van der Waals surface area contributed by atoms with Crippen LogP contribution in [0.25, 0.3) is 22.2 Å². The fourth-order valence-electron chi connectivity index (χ4n) is 2.10. The first kappa shape index (κ1) is 14.6. The molecule has 4 aromatic rings. The molecule has 0 fully saturated rings. The van der Waals surface area contributed by atoms with Gasteiger partial charge in [0.25, 0.3) is 0 Å². The Kier molecular flexibility index (Phi) is 3.86. The number of nitrogen functional groups attached to an aromatic ring is 1. The molecule has 0 bridgehead atoms. The van der Waals surface area contributed by atoms with Crippen LogP contribution in [-0.4, -0.2) is 29.9 Å². The zero-order valence-corrected chi connectivity index (χ0v) is 12.9. The number of H-pyrrole nitrogens is 2. The molecule has 4 N–H and O–H groups in total. The Morgan fingerprint density at radius 2 is 1.95 bits per heavy atom. The minimum atomic E-state index is 0. The van der Waals surface area contributed by atoms with Crippen molar-refractivity contribution in [1.82, 2.24) is 29.9 Å². The fourth-order valence-corrected chi connectivity index (χ4v) is 2.84. The fraction of sp³-hybridized carbons (Fsp3) is 0.0769. The number of thioether (sulfide) groups is 1. The molecule has 7 nitrogen and oxygen atoms in total. The molecule has 0 amide bonds. The second-order valence-corrected chi connectivity index (χ2v) is 5.45. The summed E-state index contributed by atoms with van der Waals surface area (Å²) in [6.45, 7) is 0. The van der Waals surface area contributed by atoms with Gasteiger partial charge in [-0.1, -0.05) is 23.9 Å². The number of fused-ring (bicyclic) bond motifs is 2. The molecule has 112 valence electrons. The van der Waals surface area contributed by atoms with Crippen molar-refractivity contribution in [3.05, 3.63) is 36.4 Å². The van der Waals surface area contributed by atoms with Crippen LogP contribution < -0.4 is 5.73 Å². The third-order valence-electron chi connectivity index (χ3n) is 3.08. The van der Waals surface area contributed by atoms with Gasteiger partial charge in [-0.05, 0) is 12.1 Å². The molecule has 4 rings (SSSR count). The number of para-hydroxylation sites is 2. The first-order valence-electron chi connectivity index (χ1n) is 6.32. The van der Waals surface area contributed by atoms with E-state index in [1.165, 1.54) is 18.1 Å². The number of aromatic amines is 2. The van der Waals surface area contributed by atoms with Crippen LogP contribution in [0.15, 0.2) is 35.7 Å². The molecule has 0 aliphatic rings. The van der Waals surface area contributed by atoms with Crippen LogP contribution in [0.4, 0.5) is 5.82 Å². The van der Waals surface area contributed by atoms with E-state index in [2.05, 4.69) is 29.9 Å². The van der Waals surface area contributed by atoms with Gasteiger partial charge in [0.1, 0.15) is 17.7 Å². The Labute approximate surface area is 135 Å². The van der Waals surface area contributed by atoms with Crippen LogP contribution in [-0.2, 0) is 5.75 Å². The number of benzene rings is 1. The molecule has 1 aromatic carbocycles. The summed E-state index contributed by atoms with van der Waals surface area (Å²) in [5, 5.41) is 0.748. The third kappa shape index (κ3) is 2.58. The van der Waals surface area contributed by atoms with Crippen LogP contribution in [0.5, 0.6) is 0 Å². The number of nitrogens with one attached hydrogen (secondary N) is 2. The SMILES string of the molecule is Cl.Nc1ncnc2nc(SCc3nc4ccccc4[nH]3)[nH]c12. The van der Waals surface area contributed by atoms with Crippen molar-refractivity contribution in [1.29, 1.82) is 0 Å². The normalized spacial score (nSPS) is 10.9. The lowest BCUT2D eigenvalue weighted by Gasteiger charge is -1.93. The minimum absolute atomic E-state index is 0. The van der Waals surface area contributed by atoms with E-state index in [4.69, 9.17) is 5.73 Å². The average Bonchev–Trinajstić information content (AvgIpc) is 3.09. The van der Waals surface area contributed by atoms with Crippen molar-refractivity contribution in [2.24, 2.45) is 0 Å². The standard InChI is InChI=1S/C13H11N7S.ClH/c14-11-10-12(16-6-15-11)20-13(19-10)21-5-9-17-7-3-1-2-4-8(7)18-9;/h1-4,6H,5H2,(H,17,18)(H3,14,15,16,19,20);1H. The van der Waals surface area contributed by atoms with Crippen LogP contribution in [0, 0.1) is 0 Å². The Balaban J connectivity index is 0.00000144. The summed E-state index contributed by atoms with van der Waals surface area (Å²) in [5.74, 6) is 1.99. The van der Waals surface area contributed by atoms with Gasteiger partial charge in [0.05, 0.1) is 16.8 Å². The van der Waals surface area contributed by atoms with Gasteiger partial charge in [-0.25, -0.2) is 19.9 Å². The number of hydrogen-bond donors (Lipinski definition) is 3. The summed E-state index contributed by atoms with van der Waals surface area (Å²) >= 11 is 1.54. The Morgan fingerprint density at radius 1 is 1.09 bits per heavy atom. The van der Waals surface area contributed by atoms with Gasteiger partial charge in [0, 0.05) is 0 Å². The molecule has 0 unspecified atom stereocenters. The minimum Gasteiger partial charge on any atom is -0.382 e. The van der Waals surface area contributed by atoms with E-state index >= 15 is 0 Å². The van der Waals surface area contributed by atoms with Gasteiger partial charge < -0.3 is 15.7 Å². The molecule has 0 spiro atoms. The first-order chi connectivity index (χ1) is 10.3. The first-order valence-corrected chi connectivity index (χ1v) is 7.31. The monoisotopic (exact) mass is 333 g/mol. The zero-order valence-electron chi connectivity index (χ0n) is 11.3. The lowest BCUT2D eigenvalue weighted by molar-refractivity contribution is 1.06. The summed E-state index contributed by atoms with van der Waals surface area (Å²) in [6.07, 6.45) is 1.41. The second kappa shape index (κ2) is 5.82. The number of rotatable bonds is 3. The van der Waals surface area contributed by atoms with Gasteiger partial charge in [-0.2, -0.15) is 0 Å². The molecular formula is C13H12ClN7S. The van der Waals surface area contributed by atoms with E-state index in [1.807, 2.05) is 24.3 Å². The maximum Gasteiger partial charge on any atom is 0.183 e. The largest absolute Gasteiger partial charge is 0.382 e. The van der Waals surface area contributed by atoms with Crippen molar-refractivity contribution in [3.8, 4) is 0 Å². The summed E-state index contributed by atoms with van der Waals surface area (Å²) in [5.41, 5.74) is 9.03. The van der Waals surface area contributed by atoms with Gasteiger partial charge in [0.15, 0.2) is 16.6 Å². The Morgan fingerprint density at radius 3 is 2.77 bits per heavy atom. The van der Waals surface area contributed by atoms with E-state index in [0.717, 1.165) is 22.0 Å². The molecule has 3 heterocycles. The van der Waals surface area contributed by atoms with Crippen molar-refractivity contribution < 1.29 is 0 Å². The summed E-state index contributed by atoms with van der Waals surface area (Å²) in [6, 6.07) is 7.95. The maximum absolute atomic E-state index is 5.78. The highest BCUT2D eigenvalue weighted by atomic mass is 35.5. The number of nitrogens with zero attached hydrogens (tertiary/aromatic N) is 4. The highest BCUT2D eigenvalue weighted by Crippen LogP contribution is 2.23. The topological polar surface area (TPSA) is 109 Å². The van der Waals surface area contributed by atoms with E-state index in [9.17, 15) is 0 Å². The van der Waals surface area contributed by atoms with E-state index < -0.39 is 0 Å². The zero-order chi connectivity index (χ0) is 14.2. The Bertz CT molecular complexity index is 899. The number of hydrogen-bond acceptors (Lipinski definition) is 6. The molecule has 0 saturated carbocycles. The van der Waals surface area contributed by atoms with Crippen molar-refractivity contribution >= 4 is 52.2 Å². The number of nitrogens with two attached hydrogens (primary N) is 1. The van der Waals surface area contributed by atoms with E-state index in [1.54, 1.807) is 0 Å². The highest BCUT2D eigenvalue weighted by Gasteiger charge is 2.09. The average molecular weight is 334 g/mol. The van der Waals surface area contributed by atoms with E-state index in [0.29, 0.717) is 22.7 Å². The molecule has 3 aromatic heterocycles. The molecule has 0 radical (unpaired) electrons. The van der Waals surface area contributed by atoms with Crippen LogP contribution in [0.2, 0.25) is 0 Å². The molecule has 0 aliphatic carbocycles. The predicted molar refractivity (Wildman–Crippen MR) is 89.0 cm³/mol. The molecule has 0 saturated heterocycles. The van der Waals surface area contributed by atoms with Gasteiger partial charge in [0.2, 0.25) is 0 Å². The smallest absolute Gasteiger partial charge is 0.183 e. The van der Waals surface area contributed by atoms with Gasteiger partial charge in [-0.3, -0.25) is 0 Å². The quantitative estimate of drug-likeness (QED) is 0.497. The highest BCUT2D eigenvalue weighted by molar-refractivity contribution is 7.98. The molecule has 9 heteroatoms. The lowest BCUT2D eigenvalue weighted by Crippen LogP contribution is -1.91.